The van der Waals surface area contributed by atoms with E-state index in [0.717, 1.165) is 0 Å². The van der Waals surface area contributed by atoms with Crippen LogP contribution in [0.25, 0.3) is 0 Å². The van der Waals surface area contributed by atoms with Gasteiger partial charge >= 0.3 is 5.97 Å². The number of nitrogens with zero attached hydrogens (tertiary/aromatic N) is 4. The van der Waals surface area contributed by atoms with Crippen LogP contribution in [0.2, 0.25) is 0 Å². The molecule has 0 unspecified atom stereocenters. The SMILES string of the molecule is NCc1cn(CC(=O)N2CCC[C@@H]2C(=O)O)nn1. The number of hydrogen-bond acceptors (Lipinski definition) is 5. The molecule has 98 valence electrons. The van der Waals surface area contributed by atoms with E-state index in [0.29, 0.717) is 25.1 Å². The van der Waals surface area contributed by atoms with E-state index in [9.17, 15) is 9.59 Å². The molecule has 18 heavy (non-hydrogen) atoms. The highest BCUT2D eigenvalue weighted by Gasteiger charge is 2.33. The first-order valence-electron chi connectivity index (χ1n) is 5.73. The van der Waals surface area contributed by atoms with E-state index in [1.54, 1.807) is 6.20 Å². The topological polar surface area (TPSA) is 114 Å². The molecule has 8 heteroatoms. The lowest BCUT2D eigenvalue weighted by Crippen LogP contribution is -2.42. The van der Waals surface area contributed by atoms with Crippen molar-refractivity contribution in [2.75, 3.05) is 6.54 Å². The van der Waals surface area contributed by atoms with Crippen molar-refractivity contribution in [1.82, 2.24) is 19.9 Å². The van der Waals surface area contributed by atoms with E-state index >= 15 is 0 Å². The molecule has 1 amide bonds. The molecule has 2 rings (SSSR count). The van der Waals surface area contributed by atoms with Crippen LogP contribution in [-0.4, -0.2) is 49.5 Å². The number of aliphatic carboxylic acids is 1. The minimum absolute atomic E-state index is 0.00319. The van der Waals surface area contributed by atoms with Crippen LogP contribution in [-0.2, 0) is 22.7 Å². The quantitative estimate of drug-likeness (QED) is 0.697. The molecule has 0 saturated carbocycles. The van der Waals surface area contributed by atoms with Gasteiger partial charge in [-0.25, -0.2) is 9.48 Å². The van der Waals surface area contributed by atoms with Gasteiger partial charge in [-0.05, 0) is 12.8 Å². The Hall–Kier alpha value is -1.96. The molecule has 0 aliphatic carbocycles. The summed E-state index contributed by atoms with van der Waals surface area (Å²) in [5, 5.41) is 16.5. The van der Waals surface area contributed by atoms with Crippen LogP contribution in [0.1, 0.15) is 18.5 Å². The summed E-state index contributed by atoms with van der Waals surface area (Å²) < 4.78 is 1.38. The Morgan fingerprint density at radius 2 is 2.33 bits per heavy atom. The summed E-state index contributed by atoms with van der Waals surface area (Å²) in [7, 11) is 0. The molecule has 1 atom stereocenters. The monoisotopic (exact) mass is 253 g/mol. The lowest BCUT2D eigenvalue weighted by Gasteiger charge is -2.21. The third kappa shape index (κ3) is 2.48. The van der Waals surface area contributed by atoms with Crippen molar-refractivity contribution >= 4 is 11.9 Å². The number of carbonyl (C=O) groups excluding carboxylic acids is 1. The van der Waals surface area contributed by atoms with E-state index < -0.39 is 12.0 Å². The third-order valence-corrected chi connectivity index (χ3v) is 2.95. The Kier molecular flexibility index (Phi) is 3.56. The van der Waals surface area contributed by atoms with Gasteiger partial charge in [-0.3, -0.25) is 4.79 Å². The lowest BCUT2D eigenvalue weighted by atomic mass is 10.2. The van der Waals surface area contributed by atoms with Crippen molar-refractivity contribution in [2.24, 2.45) is 5.73 Å². The zero-order valence-corrected chi connectivity index (χ0v) is 9.82. The van der Waals surface area contributed by atoms with Crippen LogP contribution >= 0.6 is 0 Å². The van der Waals surface area contributed by atoms with Gasteiger partial charge in [-0.15, -0.1) is 5.10 Å². The number of carboxylic acids is 1. The van der Waals surface area contributed by atoms with Crippen LogP contribution in [0.5, 0.6) is 0 Å². The predicted molar refractivity (Wildman–Crippen MR) is 60.3 cm³/mol. The first kappa shape index (κ1) is 12.5. The van der Waals surface area contributed by atoms with E-state index in [4.69, 9.17) is 10.8 Å². The number of hydrogen-bond donors (Lipinski definition) is 2. The van der Waals surface area contributed by atoms with Gasteiger partial charge in [0.2, 0.25) is 5.91 Å². The maximum atomic E-state index is 12.0. The standard InChI is InChI=1S/C10H15N5O3/c11-4-7-5-14(13-12-7)6-9(16)15-3-1-2-8(15)10(17)18/h5,8H,1-4,6,11H2,(H,17,18)/t8-/m1/s1. The largest absolute Gasteiger partial charge is 0.480 e. The molecular weight excluding hydrogens is 238 g/mol. The summed E-state index contributed by atoms with van der Waals surface area (Å²) in [6, 6.07) is -0.713. The lowest BCUT2D eigenvalue weighted by molar-refractivity contribution is -0.148. The molecule has 0 aromatic carbocycles. The van der Waals surface area contributed by atoms with Gasteiger partial charge in [0.05, 0.1) is 11.9 Å². The Bertz CT molecular complexity index is 458. The summed E-state index contributed by atoms with van der Waals surface area (Å²) in [6.45, 7) is 0.737. The van der Waals surface area contributed by atoms with Crippen molar-refractivity contribution in [3.8, 4) is 0 Å². The number of nitrogens with two attached hydrogens (primary N) is 1. The van der Waals surface area contributed by atoms with Crippen molar-refractivity contribution in [2.45, 2.75) is 32.0 Å². The number of carbonyl (C=O) groups is 2. The highest BCUT2D eigenvalue weighted by Crippen LogP contribution is 2.17. The molecule has 0 spiro atoms. The molecule has 0 bridgehead atoms. The zero-order valence-electron chi connectivity index (χ0n) is 9.82. The summed E-state index contributed by atoms with van der Waals surface area (Å²) >= 11 is 0. The molecule has 1 saturated heterocycles. The molecule has 3 N–H and O–H groups in total. The first-order valence-corrected chi connectivity index (χ1v) is 5.73. The summed E-state index contributed by atoms with van der Waals surface area (Å²) in [4.78, 5) is 24.3. The van der Waals surface area contributed by atoms with Crippen LogP contribution in [0, 0.1) is 0 Å². The highest BCUT2D eigenvalue weighted by atomic mass is 16.4. The van der Waals surface area contributed by atoms with Gasteiger partial charge in [-0.2, -0.15) is 0 Å². The van der Waals surface area contributed by atoms with Crippen LogP contribution in [0.3, 0.4) is 0 Å². The molecule has 8 nitrogen and oxygen atoms in total. The Balaban J connectivity index is 2.01. The van der Waals surface area contributed by atoms with Gasteiger partial charge in [0.1, 0.15) is 12.6 Å². The average Bonchev–Trinajstić information content (AvgIpc) is 2.96. The van der Waals surface area contributed by atoms with Gasteiger partial charge in [0.15, 0.2) is 0 Å². The summed E-state index contributed by atoms with van der Waals surface area (Å²) in [6.07, 6.45) is 2.81. The maximum absolute atomic E-state index is 12.0. The Labute approximate surface area is 103 Å². The minimum Gasteiger partial charge on any atom is -0.480 e. The number of aromatic nitrogens is 3. The third-order valence-electron chi connectivity index (χ3n) is 2.95. The highest BCUT2D eigenvalue weighted by molar-refractivity contribution is 5.84. The zero-order chi connectivity index (χ0) is 13.1. The number of likely N-dealkylation sites (tertiary alicyclic amines) is 1. The molecule has 1 aliphatic rings. The van der Waals surface area contributed by atoms with Crippen LogP contribution < -0.4 is 5.73 Å². The van der Waals surface area contributed by atoms with E-state index in [-0.39, 0.29) is 19.0 Å². The van der Waals surface area contributed by atoms with E-state index in [2.05, 4.69) is 10.3 Å². The fraction of sp³-hybridized carbons (Fsp3) is 0.600. The second kappa shape index (κ2) is 5.13. The van der Waals surface area contributed by atoms with Crippen molar-refractivity contribution < 1.29 is 14.7 Å². The van der Waals surface area contributed by atoms with Gasteiger partial charge in [-0.1, -0.05) is 5.21 Å². The van der Waals surface area contributed by atoms with Crippen LogP contribution in [0.4, 0.5) is 0 Å². The van der Waals surface area contributed by atoms with E-state index in [1.165, 1.54) is 9.58 Å². The van der Waals surface area contributed by atoms with Gasteiger partial charge in [0, 0.05) is 13.1 Å². The van der Waals surface area contributed by atoms with Gasteiger partial charge < -0.3 is 15.7 Å². The summed E-state index contributed by atoms with van der Waals surface area (Å²) in [5.74, 6) is -1.21. The predicted octanol–water partition coefficient (Wildman–Crippen LogP) is -1.19. The second-order valence-electron chi connectivity index (χ2n) is 4.19. The molecule has 1 aliphatic heterocycles. The fourth-order valence-electron chi connectivity index (χ4n) is 2.06. The summed E-state index contributed by atoms with van der Waals surface area (Å²) in [5.41, 5.74) is 5.99. The van der Waals surface area contributed by atoms with E-state index in [1.807, 2.05) is 0 Å². The molecule has 0 radical (unpaired) electrons. The Morgan fingerprint density at radius 3 is 2.94 bits per heavy atom. The van der Waals surface area contributed by atoms with Crippen molar-refractivity contribution in [3.63, 3.8) is 0 Å². The Morgan fingerprint density at radius 1 is 1.56 bits per heavy atom. The number of carboxylic acid groups (broad SMARTS) is 1. The molecule has 1 fully saturated rings. The number of rotatable bonds is 4. The van der Waals surface area contributed by atoms with Crippen molar-refractivity contribution in [1.29, 1.82) is 0 Å². The molecule has 1 aromatic heterocycles. The maximum Gasteiger partial charge on any atom is 0.326 e. The molecule has 2 heterocycles. The average molecular weight is 253 g/mol. The van der Waals surface area contributed by atoms with Crippen molar-refractivity contribution in [3.05, 3.63) is 11.9 Å². The number of amides is 1. The molecular formula is C10H15N5O3. The van der Waals surface area contributed by atoms with Gasteiger partial charge in [0.25, 0.3) is 0 Å². The first-order chi connectivity index (χ1) is 8.61. The molecule has 1 aromatic rings. The van der Waals surface area contributed by atoms with Crippen LogP contribution in [0.15, 0.2) is 6.20 Å². The fourth-order valence-corrected chi connectivity index (χ4v) is 2.06. The second-order valence-corrected chi connectivity index (χ2v) is 4.19. The smallest absolute Gasteiger partial charge is 0.326 e. The normalized spacial score (nSPS) is 19.2. The minimum atomic E-state index is -0.956.